The standard InChI is InChI=1S/C44H71N3O2/c1-41(27-9-3-2-4-10-27)40-31-16-14-28(23-48)43(40,46)24-44(49-41)33-21-42(18-5-6-19-42)20-32-35(26-13-17-34(45)47-22-26)29-11-7-8-25-12-15-30(39(31)44)38(36(25)29)37(32)33/h25-40,47-48H,2-24,45-46H2,1H3/t25?,26?,28-,29?,30?,31+,32-,33+,34?,35-,36?,37+,38?,39-,40+,41-,43+,44+/m0/s1. The van der Waals surface area contributed by atoms with Gasteiger partial charge in [-0.25, -0.2) is 0 Å². The molecule has 274 valence electrons. The van der Waals surface area contributed by atoms with Gasteiger partial charge in [0.1, 0.15) is 0 Å². The summed E-state index contributed by atoms with van der Waals surface area (Å²) >= 11 is 0. The number of aliphatic hydroxyl groups is 1. The molecule has 0 aromatic carbocycles. The molecule has 6 N–H and O–H groups in total. The van der Waals surface area contributed by atoms with Gasteiger partial charge in [0.25, 0.3) is 0 Å². The number of hydrogen-bond acceptors (Lipinski definition) is 5. The number of hydrogen-bond donors (Lipinski definition) is 4. The molecule has 12 rings (SSSR count). The zero-order chi connectivity index (χ0) is 32.9. The van der Waals surface area contributed by atoms with Crippen LogP contribution in [0.1, 0.15) is 142 Å². The van der Waals surface area contributed by atoms with Crippen LogP contribution < -0.4 is 16.8 Å². The van der Waals surface area contributed by atoms with E-state index in [9.17, 15) is 5.11 Å². The van der Waals surface area contributed by atoms with Crippen LogP contribution in [0.5, 0.6) is 0 Å². The van der Waals surface area contributed by atoms with Gasteiger partial charge in [0.2, 0.25) is 0 Å². The molecule has 18 atom stereocenters. The van der Waals surface area contributed by atoms with Gasteiger partial charge in [0, 0.05) is 24.0 Å². The molecule has 5 heteroatoms. The number of ether oxygens (including phenoxy) is 1. The SMILES string of the molecule is C[C@@]1(C2CCCCC2)O[C@@]23C[C@@]4(N)[C@H](CO)CC[C@H]([C@@H]2C2CCC5CCCC6C5C2[C@@H]2[C@@H](CC5(CCCC5)C[C@H]23)[C@H]6C2CCC(N)NC2)[C@@H]41. The third-order valence-corrected chi connectivity index (χ3v) is 20.4. The minimum atomic E-state index is -0.274. The Balaban J connectivity index is 1.11. The molecule has 0 aromatic heterocycles. The molecule has 7 unspecified atom stereocenters. The lowest BCUT2D eigenvalue weighted by Gasteiger charge is -2.81. The first-order valence-electron chi connectivity index (χ1n) is 22.4. The fraction of sp³-hybridized carbons (Fsp3) is 1.00. The van der Waals surface area contributed by atoms with Gasteiger partial charge in [0.15, 0.2) is 0 Å². The summed E-state index contributed by atoms with van der Waals surface area (Å²) in [5.41, 5.74) is 14.7. The van der Waals surface area contributed by atoms with Crippen molar-refractivity contribution in [2.75, 3.05) is 13.2 Å². The van der Waals surface area contributed by atoms with E-state index in [0.717, 1.165) is 79.1 Å². The zero-order valence-electron chi connectivity index (χ0n) is 31.0. The Morgan fingerprint density at radius 3 is 2.29 bits per heavy atom. The molecule has 12 aliphatic rings. The van der Waals surface area contributed by atoms with Crippen LogP contribution in [0.15, 0.2) is 0 Å². The van der Waals surface area contributed by atoms with Crippen LogP contribution in [0.3, 0.4) is 0 Å². The predicted molar refractivity (Wildman–Crippen MR) is 194 cm³/mol. The summed E-state index contributed by atoms with van der Waals surface area (Å²) in [7, 11) is 0. The summed E-state index contributed by atoms with van der Waals surface area (Å²) in [5, 5.41) is 14.9. The lowest BCUT2D eigenvalue weighted by atomic mass is 9.29. The van der Waals surface area contributed by atoms with E-state index in [2.05, 4.69) is 12.2 Å². The number of piperidine rings is 1. The van der Waals surface area contributed by atoms with Crippen molar-refractivity contribution in [3.05, 3.63) is 0 Å². The monoisotopic (exact) mass is 674 g/mol. The third-order valence-electron chi connectivity index (χ3n) is 20.4. The van der Waals surface area contributed by atoms with Gasteiger partial charge in [-0.2, -0.15) is 0 Å². The molecule has 5 nitrogen and oxygen atoms in total. The first-order chi connectivity index (χ1) is 23.8. The number of fused-ring (bicyclic) bond motifs is 1. The minimum absolute atomic E-state index is 0.0830. The lowest BCUT2D eigenvalue weighted by molar-refractivity contribution is -0.408. The van der Waals surface area contributed by atoms with Crippen molar-refractivity contribution in [3.8, 4) is 0 Å². The zero-order valence-corrected chi connectivity index (χ0v) is 31.0. The molecule has 0 amide bonds. The second kappa shape index (κ2) is 11.2. The number of nitrogens with one attached hydrogen (secondary N) is 1. The van der Waals surface area contributed by atoms with Crippen LogP contribution in [-0.4, -0.2) is 41.2 Å². The normalized spacial score (nSPS) is 60.1. The quantitative estimate of drug-likeness (QED) is 0.247. The van der Waals surface area contributed by atoms with E-state index in [1.54, 1.807) is 0 Å². The van der Waals surface area contributed by atoms with Crippen molar-refractivity contribution in [1.82, 2.24) is 5.32 Å². The van der Waals surface area contributed by atoms with E-state index in [1.807, 2.05) is 0 Å². The highest BCUT2D eigenvalue weighted by Crippen LogP contribution is 2.80. The summed E-state index contributed by atoms with van der Waals surface area (Å²) in [4.78, 5) is 0. The first-order valence-corrected chi connectivity index (χ1v) is 22.4. The van der Waals surface area contributed by atoms with Gasteiger partial charge in [-0.3, -0.25) is 0 Å². The number of aliphatic hydroxyl groups excluding tert-OH is 1. The van der Waals surface area contributed by atoms with E-state index in [-0.39, 0.29) is 35.4 Å². The number of rotatable bonds is 3. The van der Waals surface area contributed by atoms with E-state index in [4.69, 9.17) is 16.2 Å². The molecule has 49 heavy (non-hydrogen) atoms. The Morgan fingerprint density at radius 2 is 1.51 bits per heavy atom. The maximum Gasteiger partial charge on any atom is 0.0772 e. The van der Waals surface area contributed by atoms with Gasteiger partial charge in [0.05, 0.1) is 17.4 Å². The largest absolute Gasteiger partial charge is 0.396 e. The molecular weight excluding hydrogens is 603 g/mol. The molecule has 0 aromatic rings. The molecule has 12 fully saturated rings. The maximum atomic E-state index is 11.1. The van der Waals surface area contributed by atoms with Crippen LogP contribution in [0, 0.1) is 94.2 Å². The van der Waals surface area contributed by atoms with Crippen molar-refractivity contribution in [1.29, 1.82) is 0 Å². The molecule has 9 aliphatic carbocycles. The summed E-state index contributed by atoms with van der Waals surface area (Å²) in [5.74, 6) is 11.4. The van der Waals surface area contributed by atoms with Crippen molar-refractivity contribution in [2.45, 2.75) is 165 Å². The molecule has 3 saturated heterocycles. The van der Waals surface area contributed by atoms with Gasteiger partial charge in [-0.15, -0.1) is 0 Å². The van der Waals surface area contributed by atoms with Gasteiger partial charge in [-0.05, 0) is 186 Å². The summed E-state index contributed by atoms with van der Waals surface area (Å²) in [6.07, 6.45) is 29.3. The van der Waals surface area contributed by atoms with Crippen molar-refractivity contribution in [3.63, 3.8) is 0 Å². The highest BCUT2D eigenvalue weighted by Gasteiger charge is 2.81. The molecule has 3 heterocycles. The van der Waals surface area contributed by atoms with Crippen molar-refractivity contribution < 1.29 is 9.84 Å². The summed E-state index contributed by atoms with van der Waals surface area (Å²) in [6, 6.07) is 0. The molecule has 9 saturated carbocycles. The second-order valence-corrected chi connectivity index (χ2v) is 21.6. The Bertz CT molecular complexity index is 1290. The summed E-state index contributed by atoms with van der Waals surface area (Å²) < 4.78 is 8.43. The minimum Gasteiger partial charge on any atom is -0.396 e. The fourth-order valence-electron chi connectivity index (χ4n) is 19.5. The lowest BCUT2D eigenvalue weighted by Crippen LogP contribution is -2.86. The summed E-state index contributed by atoms with van der Waals surface area (Å²) in [6.45, 7) is 4.05. The Hall–Kier alpha value is -0.200. The van der Waals surface area contributed by atoms with Gasteiger partial charge >= 0.3 is 0 Å². The molecule has 2 spiro atoms. The average molecular weight is 674 g/mol. The van der Waals surface area contributed by atoms with Gasteiger partial charge < -0.3 is 26.6 Å². The Morgan fingerprint density at radius 1 is 0.714 bits per heavy atom. The fourth-order valence-corrected chi connectivity index (χ4v) is 19.5. The highest BCUT2D eigenvalue weighted by molar-refractivity contribution is 5.31. The van der Waals surface area contributed by atoms with Crippen LogP contribution in [0.25, 0.3) is 0 Å². The van der Waals surface area contributed by atoms with E-state index in [0.29, 0.717) is 35.0 Å². The van der Waals surface area contributed by atoms with E-state index >= 15 is 0 Å². The molecule has 3 aliphatic heterocycles. The van der Waals surface area contributed by atoms with Gasteiger partial charge in [-0.1, -0.05) is 44.9 Å². The maximum absolute atomic E-state index is 11.1. The second-order valence-electron chi connectivity index (χ2n) is 21.6. The third kappa shape index (κ3) is 4.18. The highest BCUT2D eigenvalue weighted by atomic mass is 16.5. The molecular formula is C44H71N3O2. The van der Waals surface area contributed by atoms with E-state index < -0.39 is 0 Å². The predicted octanol–water partition coefficient (Wildman–Crippen LogP) is 7.64. The van der Waals surface area contributed by atoms with Crippen LogP contribution in [0.4, 0.5) is 0 Å². The molecule has 4 bridgehead atoms. The Labute approximate surface area is 298 Å². The van der Waals surface area contributed by atoms with Crippen molar-refractivity contribution >= 4 is 0 Å². The van der Waals surface area contributed by atoms with E-state index in [1.165, 1.54) is 116 Å². The van der Waals surface area contributed by atoms with Crippen LogP contribution >= 0.6 is 0 Å². The van der Waals surface area contributed by atoms with Crippen molar-refractivity contribution in [2.24, 2.45) is 106 Å². The van der Waals surface area contributed by atoms with Crippen LogP contribution in [0.2, 0.25) is 0 Å². The smallest absolute Gasteiger partial charge is 0.0772 e. The average Bonchev–Trinajstić information content (AvgIpc) is 3.56. The topological polar surface area (TPSA) is 93.5 Å². The number of nitrogens with two attached hydrogens (primary N) is 2. The first kappa shape index (κ1) is 32.2. The van der Waals surface area contributed by atoms with Crippen LogP contribution in [-0.2, 0) is 4.74 Å². The molecule has 0 radical (unpaired) electrons. The Kier molecular flexibility index (Phi) is 7.35.